The molecule has 1 aromatic carbocycles. The first kappa shape index (κ1) is 24.4. The van der Waals surface area contributed by atoms with Crippen LogP contribution in [0.5, 0.6) is 5.75 Å². The highest BCUT2D eigenvalue weighted by Crippen LogP contribution is 2.19. The number of aryl methyl sites for hydroxylation is 3. The summed E-state index contributed by atoms with van der Waals surface area (Å²) in [6.45, 7) is 4.18. The van der Waals surface area contributed by atoms with Crippen molar-refractivity contribution in [2.75, 3.05) is 13.7 Å². The minimum absolute atomic E-state index is 0.140. The van der Waals surface area contributed by atoms with Gasteiger partial charge in [0.05, 0.1) is 20.1 Å². The highest BCUT2D eigenvalue weighted by atomic mass is 16.5. The van der Waals surface area contributed by atoms with Crippen molar-refractivity contribution in [1.82, 2.24) is 15.5 Å². The Hall–Kier alpha value is -2.90. The third-order valence-corrected chi connectivity index (χ3v) is 4.86. The fraction of sp³-hybridized carbons (Fsp3) is 0.565. The maximum atomic E-state index is 12.4. The van der Waals surface area contributed by atoms with E-state index in [-0.39, 0.29) is 30.8 Å². The summed E-state index contributed by atoms with van der Waals surface area (Å²) >= 11 is 0. The highest BCUT2D eigenvalue weighted by Gasteiger charge is 2.18. The van der Waals surface area contributed by atoms with Crippen LogP contribution in [-0.4, -0.2) is 41.8 Å². The van der Waals surface area contributed by atoms with Crippen LogP contribution in [0.1, 0.15) is 63.3 Å². The van der Waals surface area contributed by atoms with Gasteiger partial charge in [-0.1, -0.05) is 38.0 Å². The maximum absolute atomic E-state index is 12.4. The first-order chi connectivity index (χ1) is 15.0. The number of unbranched alkanes of at least 4 members (excludes halogenated alkanes) is 1. The highest BCUT2D eigenvalue weighted by molar-refractivity contribution is 5.77. The number of methoxy groups -OCH3 is 1. The average molecular weight is 432 g/mol. The number of esters is 1. The van der Waals surface area contributed by atoms with E-state index in [0.717, 1.165) is 37.0 Å². The number of rotatable bonds is 14. The summed E-state index contributed by atoms with van der Waals surface area (Å²) in [6, 6.07) is 7.60. The van der Waals surface area contributed by atoms with Crippen molar-refractivity contribution < 1.29 is 23.5 Å². The SMILES string of the molecule is CCCC[C@H](CC(=O)OCC)NC(=O)CCc1nnc(CCc2ccccc2OC)o1. The first-order valence-electron chi connectivity index (χ1n) is 10.9. The molecule has 1 N–H and O–H groups in total. The summed E-state index contributed by atoms with van der Waals surface area (Å²) in [6.07, 6.45) is 4.75. The number of carbonyl (C=O) groups is 2. The summed E-state index contributed by atoms with van der Waals surface area (Å²) in [4.78, 5) is 24.1. The van der Waals surface area contributed by atoms with Crippen LogP contribution in [0.2, 0.25) is 0 Å². The van der Waals surface area contributed by atoms with Gasteiger partial charge in [0.25, 0.3) is 0 Å². The predicted molar refractivity (Wildman–Crippen MR) is 116 cm³/mol. The molecule has 8 heteroatoms. The van der Waals surface area contributed by atoms with Crippen LogP contribution in [0.4, 0.5) is 0 Å². The van der Waals surface area contributed by atoms with Crippen molar-refractivity contribution in [1.29, 1.82) is 0 Å². The largest absolute Gasteiger partial charge is 0.496 e. The molecule has 1 atom stereocenters. The molecule has 0 aliphatic carbocycles. The first-order valence-corrected chi connectivity index (χ1v) is 10.9. The molecule has 170 valence electrons. The van der Waals surface area contributed by atoms with Crippen LogP contribution in [0.15, 0.2) is 28.7 Å². The molecule has 0 unspecified atom stereocenters. The minimum Gasteiger partial charge on any atom is -0.496 e. The second kappa shape index (κ2) is 13.4. The Morgan fingerprint density at radius 3 is 2.55 bits per heavy atom. The van der Waals surface area contributed by atoms with E-state index in [0.29, 0.717) is 31.2 Å². The van der Waals surface area contributed by atoms with Gasteiger partial charge >= 0.3 is 5.97 Å². The molecule has 0 saturated carbocycles. The van der Waals surface area contributed by atoms with Gasteiger partial charge in [-0.2, -0.15) is 0 Å². The van der Waals surface area contributed by atoms with E-state index in [4.69, 9.17) is 13.9 Å². The molecule has 0 spiro atoms. The van der Waals surface area contributed by atoms with Crippen molar-refractivity contribution in [2.24, 2.45) is 0 Å². The number of nitrogens with zero attached hydrogens (tertiary/aromatic N) is 2. The van der Waals surface area contributed by atoms with Crippen molar-refractivity contribution in [3.63, 3.8) is 0 Å². The molecular formula is C23H33N3O5. The number of ether oxygens (including phenoxy) is 2. The Morgan fingerprint density at radius 1 is 1.10 bits per heavy atom. The van der Waals surface area contributed by atoms with Crippen LogP contribution in [-0.2, 0) is 33.6 Å². The number of hydrogen-bond donors (Lipinski definition) is 1. The number of aromatic nitrogens is 2. The molecule has 0 bridgehead atoms. The van der Waals surface area contributed by atoms with Crippen LogP contribution in [0.25, 0.3) is 0 Å². The van der Waals surface area contributed by atoms with Crippen LogP contribution >= 0.6 is 0 Å². The molecule has 0 aliphatic rings. The molecule has 0 saturated heterocycles. The summed E-state index contributed by atoms with van der Waals surface area (Å²) in [5.41, 5.74) is 1.07. The molecular weight excluding hydrogens is 398 g/mol. The van der Waals surface area contributed by atoms with Gasteiger partial charge in [0.15, 0.2) is 0 Å². The van der Waals surface area contributed by atoms with E-state index in [1.54, 1.807) is 14.0 Å². The Kier molecular flexibility index (Phi) is 10.5. The van der Waals surface area contributed by atoms with Crippen molar-refractivity contribution in [3.8, 4) is 5.75 Å². The quantitative estimate of drug-likeness (QED) is 0.457. The number of benzene rings is 1. The van der Waals surface area contributed by atoms with Gasteiger partial charge in [0, 0.05) is 25.3 Å². The summed E-state index contributed by atoms with van der Waals surface area (Å²) in [5, 5.41) is 11.1. The molecule has 2 rings (SSSR count). The monoisotopic (exact) mass is 431 g/mol. The van der Waals surface area contributed by atoms with E-state index >= 15 is 0 Å². The second-order valence-corrected chi connectivity index (χ2v) is 7.32. The Morgan fingerprint density at radius 2 is 1.84 bits per heavy atom. The number of carbonyl (C=O) groups excluding carboxylic acids is 2. The molecule has 0 fully saturated rings. The molecule has 0 aliphatic heterocycles. The van der Waals surface area contributed by atoms with Gasteiger partial charge in [0.1, 0.15) is 5.75 Å². The zero-order valence-electron chi connectivity index (χ0n) is 18.7. The second-order valence-electron chi connectivity index (χ2n) is 7.32. The smallest absolute Gasteiger partial charge is 0.307 e. The Labute approximate surface area is 183 Å². The van der Waals surface area contributed by atoms with Crippen LogP contribution in [0.3, 0.4) is 0 Å². The fourth-order valence-corrected chi connectivity index (χ4v) is 3.26. The molecule has 31 heavy (non-hydrogen) atoms. The minimum atomic E-state index is -0.291. The lowest BCUT2D eigenvalue weighted by atomic mass is 10.1. The summed E-state index contributed by atoms with van der Waals surface area (Å²) < 4.78 is 16.0. The zero-order chi connectivity index (χ0) is 22.5. The lowest BCUT2D eigenvalue weighted by Gasteiger charge is -2.17. The molecule has 1 amide bonds. The van der Waals surface area contributed by atoms with Gasteiger partial charge < -0.3 is 19.2 Å². The molecule has 2 aromatic rings. The number of amides is 1. The Bertz CT molecular complexity index is 821. The van der Waals surface area contributed by atoms with E-state index in [9.17, 15) is 9.59 Å². The fourth-order valence-electron chi connectivity index (χ4n) is 3.26. The number of para-hydroxylation sites is 1. The van der Waals surface area contributed by atoms with Gasteiger partial charge in [-0.3, -0.25) is 9.59 Å². The molecule has 1 heterocycles. The third kappa shape index (κ3) is 8.78. The lowest BCUT2D eigenvalue weighted by molar-refractivity contribution is -0.143. The van der Waals surface area contributed by atoms with Crippen LogP contribution < -0.4 is 10.1 Å². The van der Waals surface area contributed by atoms with Gasteiger partial charge in [-0.15, -0.1) is 10.2 Å². The van der Waals surface area contributed by atoms with Gasteiger partial charge in [0.2, 0.25) is 17.7 Å². The zero-order valence-corrected chi connectivity index (χ0v) is 18.7. The number of hydrogen-bond acceptors (Lipinski definition) is 7. The van der Waals surface area contributed by atoms with E-state index in [2.05, 4.69) is 22.4 Å². The van der Waals surface area contributed by atoms with E-state index in [1.807, 2.05) is 24.3 Å². The summed E-state index contributed by atoms with van der Waals surface area (Å²) in [5.74, 6) is 1.36. The lowest BCUT2D eigenvalue weighted by Crippen LogP contribution is -2.37. The van der Waals surface area contributed by atoms with Crippen molar-refractivity contribution in [3.05, 3.63) is 41.6 Å². The Balaban J connectivity index is 1.80. The van der Waals surface area contributed by atoms with Crippen molar-refractivity contribution in [2.45, 2.75) is 71.3 Å². The molecule has 1 aromatic heterocycles. The third-order valence-electron chi connectivity index (χ3n) is 4.86. The normalized spacial score (nSPS) is 11.7. The van der Waals surface area contributed by atoms with E-state index < -0.39 is 0 Å². The van der Waals surface area contributed by atoms with E-state index in [1.165, 1.54) is 0 Å². The maximum Gasteiger partial charge on any atom is 0.307 e. The standard InChI is InChI=1S/C23H33N3O5/c1-4-6-10-18(16-23(28)30-5-2)24-20(27)13-15-22-26-25-21(31-22)14-12-17-9-7-8-11-19(17)29-3/h7-9,11,18H,4-6,10,12-16H2,1-3H3,(H,24,27)/t18-/m1/s1. The van der Waals surface area contributed by atoms with Crippen LogP contribution in [0, 0.1) is 0 Å². The number of nitrogens with one attached hydrogen (secondary N) is 1. The topological polar surface area (TPSA) is 104 Å². The predicted octanol–water partition coefficient (Wildman–Crippen LogP) is 3.42. The molecule has 0 radical (unpaired) electrons. The van der Waals surface area contributed by atoms with Crippen molar-refractivity contribution >= 4 is 11.9 Å². The molecule has 8 nitrogen and oxygen atoms in total. The van der Waals surface area contributed by atoms with Gasteiger partial charge in [-0.25, -0.2) is 0 Å². The average Bonchev–Trinajstić information content (AvgIpc) is 3.23. The van der Waals surface area contributed by atoms with Gasteiger partial charge in [-0.05, 0) is 31.4 Å². The summed E-state index contributed by atoms with van der Waals surface area (Å²) in [7, 11) is 1.65.